The zero-order valence-corrected chi connectivity index (χ0v) is 30.2. The molecule has 0 radical (unpaired) electrons. The minimum Gasteiger partial charge on any atom is -0.479 e. The van der Waals surface area contributed by atoms with E-state index in [2.05, 4.69) is 16.0 Å². The average molecular weight is 741 g/mol. The lowest BCUT2D eigenvalue weighted by molar-refractivity contribution is -0.150. The summed E-state index contributed by atoms with van der Waals surface area (Å²) in [7, 11) is -3.68. The Balaban J connectivity index is 2.23. The highest BCUT2D eigenvalue weighted by atomic mass is 35.5. The predicted octanol–water partition coefficient (Wildman–Crippen LogP) is 7.00. The third-order valence-electron chi connectivity index (χ3n) is 7.51. The van der Waals surface area contributed by atoms with Crippen molar-refractivity contribution in [2.45, 2.75) is 96.6 Å². The van der Waals surface area contributed by atoms with Crippen LogP contribution < -0.4 is 16.0 Å². The molecule has 2 aromatic rings. The minimum atomic E-state index is -4.89. The lowest BCUT2D eigenvalue weighted by atomic mass is 9.70. The number of carbonyl (C=O) groups is 3. The number of ether oxygens (including phenoxy) is 1. The summed E-state index contributed by atoms with van der Waals surface area (Å²) in [5.41, 5.74) is -5.34. The number of carboxylic acid groups (broad SMARTS) is 1. The standard InChI is InChI=1S/C32H42Cl2F3N3O7S/c1-8-48(45,46)25-11-10-21(33)14-20(25)17-39-26(41)19-15-23(32(35,36)37)22(24(34)16-19)18-38-13-9-12-31(27(42)43,29(2,3)4)40-28(44)47-30(5,6)7/h10-11,14-16,38H,8-9,12-13,17-18H2,1-7H3,(H,39,41)(H,40,44)(H,42,43)/t31-/m1/s1. The molecule has 16 heteroatoms. The molecule has 0 saturated heterocycles. The molecule has 0 aliphatic heterocycles. The molecule has 0 spiro atoms. The minimum absolute atomic E-state index is 0.0552. The van der Waals surface area contributed by atoms with Crippen molar-refractivity contribution in [1.29, 1.82) is 0 Å². The van der Waals surface area contributed by atoms with Gasteiger partial charge in [-0.3, -0.25) is 4.79 Å². The second-order valence-electron chi connectivity index (χ2n) is 13.2. The lowest BCUT2D eigenvalue weighted by Gasteiger charge is -2.42. The molecule has 48 heavy (non-hydrogen) atoms. The van der Waals surface area contributed by atoms with Gasteiger partial charge in [0.05, 0.1) is 16.2 Å². The summed E-state index contributed by atoms with van der Waals surface area (Å²) >= 11 is 12.3. The molecule has 0 aliphatic rings. The van der Waals surface area contributed by atoms with E-state index < -0.39 is 61.7 Å². The SMILES string of the molecule is CCS(=O)(=O)c1ccc(Cl)cc1CNC(=O)c1cc(Cl)c(CNCCC[C@@](NC(=O)OC(C)(C)C)(C(=O)O)C(C)(C)C)c(C(F)(F)F)c1. The first-order chi connectivity index (χ1) is 21.8. The van der Waals surface area contributed by atoms with Crippen molar-refractivity contribution in [3.63, 3.8) is 0 Å². The fraction of sp³-hybridized carbons (Fsp3) is 0.531. The van der Waals surface area contributed by atoms with Crippen molar-refractivity contribution >= 4 is 51.0 Å². The molecule has 0 unspecified atom stereocenters. The number of halogens is 5. The number of hydrogen-bond donors (Lipinski definition) is 4. The Morgan fingerprint density at radius 3 is 2.10 bits per heavy atom. The van der Waals surface area contributed by atoms with Gasteiger partial charge in [0.2, 0.25) is 0 Å². The summed E-state index contributed by atoms with van der Waals surface area (Å²) in [4.78, 5) is 37.9. The van der Waals surface area contributed by atoms with Crippen LogP contribution in [0.1, 0.15) is 88.4 Å². The van der Waals surface area contributed by atoms with Gasteiger partial charge in [0, 0.05) is 28.7 Å². The predicted molar refractivity (Wildman–Crippen MR) is 177 cm³/mol. The smallest absolute Gasteiger partial charge is 0.416 e. The van der Waals surface area contributed by atoms with Crippen LogP contribution in [0.15, 0.2) is 35.2 Å². The first kappa shape index (κ1) is 41.1. The van der Waals surface area contributed by atoms with Gasteiger partial charge in [-0.2, -0.15) is 13.2 Å². The number of rotatable bonds is 13. The van der Waals surface area contributed by atoms with Crippen LogP contribution in [0, 0.1) is 5.41 Å². The van der Waals surface area contributed by atoms with Crippen LogP contribution in [0.5, 0.6) is 0 Å². The van der Waals surface area contributed by atoms with Gasteiger partial charge in [0.25, 0.3) is 5.91 Å². The van der Waals surface area contributed by atoms with Crippen molar-refractivity contribution in [3.05, 3.63) is 62.6 Å². The van der Waals surface area contributed by atoms with Gasteiger partial charge in [-0.1, -0.05) is 50.9 Å². The van der Waals surface area contributed by atoms with Gasteiger partial charge in [-0.25, -0.2) is 18.0 Å². The zero-order valence-electron chi connectivity index (χ0n) is 27.8. The van der Waals surface area contributed by atoms with Gasteiger partial charge in [0.15, 0.2) is 9.84 Å². The molecular weight excluding hydrogens is 698 g/mol. The number of carbonyl (C=O) groups excluding carboxylic acids is 2. The third-order valence-corrected chi connectivity index (χ3v) is 9.91. The maximum atomic E-state index is 14.2. The van der Waals surface area contributed by atoms with Crippen LogP contribution >= 0.6 is 23.2 Å². The van der Waals surface area contributed by atoms with E-state index in [0.29, 0.717) is 6.07 Å². The van der Waals surface area contributed by atoms with Crippen molar-refractivity contribution < 1.29 is 45.8 Å². The summed E-state index contributed by atoms with van der Waals surface area (Å²) in [6.07, 6.45) is -5.75. The molecule has 4 N–H and O–H groups in total. The summed E-state index contributed by atoms with van der Waals surface area (Å²) in [5, 5.41) is 17.8. The van der Waals surface area contributed by atoms with Gasteiger partial charge in [0.1, 0.15) is 11.1 Å². The second kappa shape index (κ2) is 15.6. The molecule has 2 rings (SSSR count). The molecule has 0 fully saturated rings. The van der Waals surface area contributed by atoms with E-state index in [1.54, 1.807) is 41.5 Å². The van der Waals surface area contributed by atoms with Crippen LogP contribution in [-0.2, 0) is 38.6 Å². The fourth-order valence-electron chi connectivity index (χ4n) is 4.90. The quantitative estimate of drug-likeness (QED) is 0.160. The molecule has 0 bridgehead atoms. The van der Waals surface area contributed by atoms with Gasteiger partial charge < -0.3 is 25.8 Å². The Morgan fingerprint density at radius 1 is 0.958 bits per heavy atom. The van der Waals surface area contributed by atoms with Crippen molar-refractivity contribution in [1.82, 2.24) is 16.0 Å². The number of sulfone groups is 1. The molecule has 0 saturated carbocycles. The van der Waals surface area contributed by atoms with E-state index in [0.717, 1.165) is 6.07 Å². The number of nitrogens with one attached hydrogen (secondary N) is 3. The summed E-state index contributed by atoms with van der Waals surface area (Å²) in [6, 6.07) is 5.75. The van der Waals surface area contributed by atoms with Crippen molar-refractivity contribution in [2.24, 2.45) is 5.41 Å². The molecule has 0 aliphatic carbocycles. The Hall–Kier alpha value is -3.07. The fourth-order valence-corrected chi connectivity index (χ4v) is 6.50. The highest BCUT2D eigenvalue weighted by molar-refractivity contribution is 7.91. The number of amides is 2. The van der Waals surface area contributed by atoms with E-state index >= 15 is 0 Å². The molecule has 2 amide bonds. The van der Waals surface area contributed by atoms with Crippen LogP contribution in [0.2, 0.25) is 10.0 Å². The largest absolute Gasteiger partial charge is 0.479 e. The Bertz CT molecular complexity index is 1620. The highest BCUT2D eigenvalue weighted by Crippen LogP contribution is 2.37. The number of aliphatic carboxylic acids is 1. The summed E-state index contributed by atoms with van der Waals surface area (Å²) < 4.78 is 72.7. The van der Waals surface area contributed by atoms with Crippen LogP contribution in [-0.4, -0.2) is 54.9 Å². The van der Waals surface area contributed by atoms with Crippen LogP contribution in [0.4, 0.5) is 18.0 Å². The van der Waals surface area contributed by atoms with E-state index in [-0.39, 0.29) is 64.3 Å². The number of carboxylic acids is 1. The first-order valence-electron chi connectivity index (χ1n) is 15.0. The van der Waals surface area contributed by atoms with Crippen LogP contribution in [0.25, 0.3) is 0 Å². The van der Waals surface area contributed by atoms with Crippen LogP contribution in [0.3, 0.4) is 0 Å². The van der Waals surface area contributed by atoms with Crippen molar-refractivity contribution in [3.8, 4) is 0 Å². The second-order valence-corrected chi connectivity index (χ2v) is 16.3. The third kappa shape index (κ3) is 10.7. The topological polar surface area (TPSA) is 151 Å². The first-order valence-corrected chi connectivity index (χ1v) is 17.4. The van der Waals surface area contributed by atoms with E-state index in [1.807, 2.05) is 0 Å². The van der Waals surface area contributed by atoms with Gasteiger partial charge >= 0.3 is 18.2 Å². The molecule has 0 heterocycles. The Labute approximate surface area is 289 Å². The van der Waals surface area contributed by atoms with E-state index in [9.17, 15) is 41.1 Å². The molecule has 1 atom stereocenters. The normalized spacial score (nSPS) is 13.8. The van der Waals surface area contributed by atoms with Crippen molar-refractivity contribution in [2.75, 3.05) is 12.3 Å². The van der Waals surface area contributed by atoms with Gasteiger partial charge in [-0.15, -0.1) is 0 Å². The number of alkyl carbamates (subject to hydrolysis) is 1. The molecule has 0 aromatic heterocycles. The monoisotopic (exact) mass is 739 g/mol. The van der Waals surface area contributed by atoms with E-state index in [1.165, 1.54) is 25.1 Å². The molecule has 268 valence electrons. The molecule has 2 aromatic carbocycles. The Kier molecular flexibility index (Phi) is 13.4. The number of alkyl halides is 3. The molecule has 10 nitrogen and oxygen atoms in total. The maximum absolute atomic E-state index is 14.2. The average Bonchev–Trinajstić information content (AvgIpc) is 2.93. The Morgan fingerprint density at radius 2 is 1.58 bits per heavy atom. The lowest BCUT2D eigenvalue weighted by Crippen LogP contribution is -2.63. The summed E-state index contributed by atoms with van der Waals surface area (Å²) in [6.45, 7) is 10.6. The highest BCUT2D eigenvalue weighted by Gasteiger charge is 2.50. The van der Waals surface area contributed by atoms with E-state index in [4.69, 9.17) is 27.9 Å². The number of hydrogen-bond acceptors (Lipinski definition) is 7. The molecular formula is C32H42Cl2F3N3O7S. The number of benzene rings is 2. The van der Waals surface area contributed by atoms with Gasteiger partial charge in [-0.05, 0) is 87.0 Å². The maximum Gasteiger partial charge on any atom is 0.416 e. The summed E-state index contributed by atoms with van der Waals surface area (Å²) in [5.74, 6) is -2.43. The zero-order chi connectivity index (χ0) is 36.9.